The van der Waals surface area contributed by atoms with Gasteiger partial charge < -0.3 is 0 Å². The van der Waals surface area contributed by atoms with Gasteiger partial charge in [-0.15, -0.1) is 0 Å². The molecule has 0 spiro atoms. The molecule has 0 bridgehead atoms. The van der Waals surface area contributed by atoms with Crippen LogP contribution < -0.4 is 4.57 Å². The lowest BCUT2D eigenvalue weighted by molar-refractivity contribution is -0.704. The van der Waals surface area contributed by atoms with Gasteiger partial charge in [0.15, 0.2) is 0 Å². The normalized spacial score (nSPS) is 11.6. The van der Waals surface area contributed by atoms with Crippen molar-refractivity contribution in [3.63, 3.8) is 0 Å². The highest BCUT2D eigenvalue weighted by atomic mass is 15.1. The molecule has 0 saturated heterocycles. The monoisotopic (exact) mass is 658 g/mol. The first-order chi connectivity index (χ1) is 23.3. The summed E-state index contributed by atoms with van der Waals surface area (Å²) in [5, 5.41) is 0. The van der Waals surface area contributed by atoms with Crippen molar-refractivity contribution in [2.45, 2.75) is 271 Å². The van der Waals surface area contributed by atoms with Crippen molar-refractivity contribution in [1.29, 1.82) is 0 Å². The fourth-order valence-corrected chi connectivity index (χ4v) is 7.56. The molecule has 47 heavy (non-hydrogen) atoms. The van der Waals surface area contributed by atoms with E-state index in [2.05, 4.69) is 42.3 Å². The molecule has 0 aliphatic heterocycles. The third-order valence-corrected chi connectivity index (χ3v) is 10.8. The second kappa shape index (κ2) is 36.5. The van der Waals surface area contributed by atoms with Crippen molar-refractivity contribution in [2.24, 2.45) is 0 Å². The van der Waals surface area contributed by atoms with Crippen LogP contribution in [0.1, 0.15) is 258 Å². The van der Waals surface area contributed by atoms with Crippen LogP contribution in [0.5, 0.6) is 0 Å². The molecule has 1 aromatic heterocycles. The van der Waals surface area contributed by atoms with Crippen LogP contribution in [0, 0.1) is 0 Å². The van der Waals surface area contributed by atoms with Gasteiger partial charge in [-0.05, 0) is 32.1 Å². The summed E-state index contributed by atoms with van der Waals surface area (Å²) in [4.78, 5) is 0. The first-order valence-electron chi connectivity index (χ1n) is 22.4. The van der Waals surface area contributed by atoms with Crippen molar-refractivity contribution >= 4 is 0 Å². The Morgan fingerprint density at radius 2 is 0.660 bits per heavy atom. The molecule has 1 rings (SSSR count). The standard InChI is InChI=1S/C45H89N2/c1-4-7-10-13-16-19-22-23-24-25-27-30-33-36-39-42-47-44-43-46(41-38-35-32-29-26-20-17-14-11-8-5-2)45(47)40-37-34-31-28-21-18-15-12-9-6-3/h43-44H,4-42H2,1-3H3/q+1. The van der Waals surface area contributed by atoms with Crippen molar-refractivity contribution in [3.8, 4) is 0 Å². The van der Waals surface area contributed by atoms with Crippen LogP contribution in [0.25, 0.3) is 0 Å². The quantitative estimate of drug-likeness (QED) is 0.0492. The van der Waals surface area contributed by atoms with E-state index in [1.165, 1.54) is 251 Å². The van der Waals surface area contributed by atoms with Crippen molar-refractivity contribution in [2.75, 3.05) is 0 Å². The van der Waals surface area contributed by atoms with E-state index in [1.54, 1.807) is 5.82 Å². The van der Waals surface area contributed by atoms with Gasteiger partial charge in [0.05, 0.1) is 13.1 Å². The Morgan fingerprint density at radius 3 is 1.02 bits per heavy atom. The van der Waals surface area contributed by atoms with Crippen LogP contribution in [-0.2, 0) is 19.5 Å². The van der Waals surface area contributed by atoms with Crippen LogP contribution in [0.15, 0.2) is 12.4 Å². The summed E-state index contributed by atoms with van der Waals surface area (Å²) in [6.45, 7) is 9.41. The minimum Gasteiger partial charge on any atom is -0.234 e. The summed E-state index contributed by atoms with van der Waals surface area (Å²) in [5.74, 6) is 1.63. The second-order valence-electron chi connectivity index (χ2n) is 15.5. The maximum atomic E-state index is 2.65. The van der Waals surface area contributed by atoms with Crippen LogP contribution in [0.2, 0.25) is 0 Å². The summed E-state index contributed by atoms with van der Waals surface area (Å²) >= 11 is 0. The molecule has 0 aromatic carbocycles. The first kappa shape index (κ1) is 44.2. The minimum absolute atomic E-state index is 1.23. The van der Waals surface area contributed by atoms with Crippen LogP contribution in [0.4, 0.5) is 0 Å². The van der Waals surface area contributed by atoms with Gasteiger partial charge in [-0.25, -0.2) is 9.13 Å². The maximum Gasteiger partial charge on any atom is 0.256 e. The highest BCUT2D eigenvalue weighted by Crippen LogP contribution is 2.16. The number of unbranched alkanes of at least 4 members (excludes halogenated alkanes) is 33. The molecule has 278 valence electrons. The van der Waals surface area contributed by atoms with Crippen LogP contribution in [-0.4, -0.2) is 4.57 Å². The lowest BCUT2D eigenvalue weighted by atomic mass is 10.0. The molecule has 0 fully saturated rings. The molecule has 0 aliphatic rings. The number of hydrogen-bond acceptors (Lipinski definition) is 0. The Kier molecular flexibility index (Phi) is 34.3. The van der Waals surface area contributed by atoms with E-state index in [1.807, 2.05) is 0 Å². The molecule has 1 aromatic rings. The number of aromatic nitrogens is 2. The first-order valence-corrected chi connectivity index (χ1v) is 22.4. The average Bonchev–Trinajstić information content (AvgIpc) is 3.47. The Balaban J connectivity index is 2.26. The molecule has 0 atom stereocenters. The third-order valence-electron chi connectivity index (χ3n) is 10.8. The maximum absolute atomic E-state index is 2.65. The van der Waals surface area contributed by atoms with Crippen molar-refractivity contribution in [1.82, 2.24) is 4.57 Å². The summed E-state index contributed by atoms with van der Waals surface area (Å²) in [6.07, 6.45) is 57.8. The van der Waals surface area contributed by atoms with Crippen molar-refractivity contribution in [3.05, 3.63) is 18.2 Å². The van der Waals surface area contributed by atoms with E-state index in [9.17, 15) is 0 Å². The van der Waals surface area contributed by atoms with Gasteiger partial charge in [-0.1, -0.05) is 220 Å². The Labute approximate surface area is 298 Å². The zero-order valence-electron chi connectivity index (χ0n) is 33.1. The smallest absolute Gasteiger partial charge is 0.234 e. The van der Waals surface area contributed by atoms with Gasteiger partial charge >= 0.3 is 0 Å². The van der Waals surface area contributed by atoms with Gasteiger partial charge in [0.2, 0.25) is 0 Å². The van der Waals surface area contributed by atoms with Gasteiger partial charge in [-0.3, -0.25) is 0 Å². The molecule has 2 heteroatoms. The molecule has 0 radical (unpaired) electrons. The molecule has 2 nitrogen and oxygen atoms in total. The van der Waals surface area contributed by atoms with Crippen molar-refractivity contribution < 1.29 is 4.57 Å². The number of aryl methyl sites for hydroxylation is 2. The van der Waals surface area contributed by atoms with Gasteiger partial charge in [0.1, 0.15) is 12.4 Å². The predicted molar refractivity (Wildman–Crippen MR) is 212 cm³/mol. The number of rotatable bonds is 39. The summed E-state index contributed by atoms with van der Waals surface area (Å²) in [7, 11) is 0. The highest BCUT2D eigenvalue weighted by molar-refractivity contribution is 4.84. The molecule has 1 heterocycles. The van der Waals surface area contributed by atoms with Gasteiger partial charge in [0.25, 0.3) is 5.82 Å². The van der Waals surface area contributed by atoms with Crippen LogP contribution >= 0.6 is 0 Å². The van der Waals surface area contributed by atoms with Gasteiger partial charge in [-0.2, -0.15) is 0 Å². The molecule has 0 unspecified atom stereocenters. The molecule has 0 N–H and O–H groups in total. The van der Waals surface area contributed by atoms with Crippen LogP contribution in [0.3, 0.4) is 0 Å². The van der Waals surface area contributed by atoms with E-state index in [4.69, 9.17) is 0 Å². The molecule has 0 saturated carbocycles. The second-order valence-corrected chi connectivity index (χ2v) is 15.5. The zero-order valence-corrected chi connectivity index (χ0v) is 33.1. The number of nitrogens with zero attached hydrogens (tertiary/aromatic N) is 2. The third kappa shape index (κ3) is 28.7. The zero-order chi connectivity index (χ0) is 33.7. The number of hydrogen-bond donors (Lipinski definition) is 0. The Bertz CT molecular complexity index is 722. The van der Waals surface area contributed by atoms with E-state index >= 15 is 0 Å². The molecular weight excluding hydrogens is 569 g/mol. The fourth-order valence-electron chi connectivity index (χ4n) is 7.56. The lowest BCUT2D eigenvalue weighted by Crippen LogP contribution is -2.37. The molecule has 0 aliphatic carbocycles. The Hall–Kier alpha value is -0.790. The largest absolute Gasteiger partial charge is 0.256 e. The Morgan fingerprint density at radius 1 is 0.362 bits per heavy atom. The average molecular weight is 658 g/mol. The summed E-state index contributed by atoms with van der Waals surface area (Å²) in [5.41, 5.74) is 0. The predicted octanol–water partition coefficient (Wildman–Crippen LogP) is 15.4. The SMILES string of the molecule is CCCCCCCCCCCCCCCCC[n+]1ccn(CCCCCCCCCCCCC)c1CCCCCCCCCCCC. The van der Waals surface area contributed by atoms with E-state index in [0.717, 1.165) is 0 Å². The van der Waals surface area contributed by atoms with E-state index in [0.29, 0.717) is 0 Å². The highest BCUT2D eigenvalue weighted by Gasteiger charge is 2.16. The fraction of sp³-hybridized carbons (Fsp3) is 0.933. The molecule has 0 amide bonds. The molecular formula is C45H89N2+. The number of imidazole rings is 1. The summed E-state index contributed by atoms with van der Waals surface area (Å²) in [6, 6.07) is 0. The lowest BCUT2D eigenvalue weighted by Gasteiger charge is -2.07. The minimum atomic E-state index is 1.23. The van der Waals surface area contributed by atoms with E-state index in [-0.39, 0.29) is 0 Å². The van der Waals surface area contributed by atoms with Gasteiger partial charge in [0, 0.05) is 6.42 Å². The van der Waals surface area contributed by atoms with E-state index < -0.39 is 0 Å². The topological polar surface area (TPSA) is 8.81 Å². The summed E-state index contributed by atoms with van der Waals surface area (Å²) < 4.78 is 5.29.